The summed E-state index contributed by atoms with van der Waals surface area (Å²) >= 11 is 0. The second-order valence-electron chi connectivity index (χ2n) is 5.79. The molecule has 0 radical (unpaired) electrons. The first-order valence-electron chi connectivity index (χ1n) is 7.66. The highest BCUT2D eigenvalue weighted by molar-refractivity contribution is 6.03. The van der Waals surface area contributed by atoms with E-state index in [9.17, 15) is 4.79 Å². The number of carbonyl (C=O) groups excluding carboxylic acids is 1. The van der Waals surface area contributed by atoms with E-state index in [0.29, 0.717) is 0 Å². The van der Waals surface area contributed by atoms with E-state index in [1.54, 1.807) is 6.20 Å². The molecule has 1 N–H and O–H groups in total. The monoisotopic (exact) mass is 300 g/mol. The van der Waals surface area contributed by atoms with Crippen LogP contribution < -0.4 is 5.32 Å². The molecule has 0 bridgehead atoms. The Labute approximate surface area is 135 Å². The molecule has 0 aliphatic heterocycles. The van der Waals surface area contributed by atoms with Gasteiger partial charge in [0.15, 0.2) is 0 Å². The summed E-state index contributed by atoms with van der Waals surface area (Å²) in [7, 11) is 0. The lowest BCUT2D eigenvalue weighted by Crippen LogP contribution is -2.20. The predicted octanol–water partition coefficient (Wildman–Crippen LogP) is 4.14. The smallest absolute Gasteiger partial charge is 0.236 e. The fourth-order valence-electron chi connectivity index (χ4n) is 3.19. The molecule has 1 aromatic heterocycles. The molecular weight excluding hydrogens is 284 g/mol. The Kier molecular flexibility index (Phi) is 3.19. The van der Waals surface area contributed by atoms with Crippen LogP contribution in [-0.2, 0) is 4.79 Å². The van der Waals surface area contributed by atoms with Crippen molar-refractivity contribution in [1.82, 2.24) is 4.98 Å². The predicted molar refractivity (Wildman–Crippen MR) is 91.3 cm³/mol. The second-order valence-corrected chi connectivity index (χ2v) is 5.79. The van der Waals surface area contributed by atoms with Crippen molar-refractivity contribution in [2.45, 2.75) is 12.8 Å². The number of hydrogen-bond acceptors (Lipinski definition) is 2. The van der Waals surface area contributed by atoms with E-state index in [1.807, 2.05) is 55.5 Å². The van der Waals surface area contributed by atoms with Gasteiger partial charge < -0.3 is 5.32 Å². The van der Waals surface area contributed by atoms with Crippen LogP contribution in [0.3, 0.4) is 0 Å². The molecule has 0 fully saturated rings. The van der Waals surface area contributed by atoms with Gasteiger partial charge in [0.05, 0.1) is 17.8 Å². The van der Waals surface area contributed by atoms with Crippen molar-refractivity contribution in [2.24, 2.45) is 0 Å². The molecule has 112 valence electrons. The molecule has 0 saturated carbocycles. The molecule has 3 nitrogen and oxygen atoms in total. The SMILES string of the molecule is Cc1ccc(NC(=O)C2c3ccccc3-c3ccccc32)cn1. The fourth-order valence-corrected chi connectivity index (χ4v) is 3.19. The Balaban J connectivity index is 1.73. The second kappa shape index (κ2) is 5.36. The third kappa shape index (κ3) is 2.30. The molecule has 0 atom stereocenters. The maximum Gasteiger partial charge on any atom is 0.236 e. The number of fused-ring (bicyclic) bond motifs is 3. The molecule has 0 saturated heterocycles. The average Bonchev–Trinajstić information content (AvgIpc) is 2.91. The van der Waals surface area contributed by atoms with Crippen LogP contribution in [0.15, 0.2) is 66.9 Å². The Morgan fingerprint density at radius 1 is 0.913 bits per heavy atom. The Morgan fingerprint density at radius 3 is 2.09 bits per heavy atom. The van der Waals surface area contributed by atoms with Crippen molar-refractivity contribution >= 4 is 11.6 Å². The van der Waals surface area contributed by atoms with Crippen LogP contribution in [0.2, 0.25) is 0 Å². The van der Waals surface area contributed by atoms with E-state index in [1.165, 1.54) is 0 Å². The summed E-state index contributed by atoms with van der Waals surface area (Å²) < 4.78 is 0. The molecule has 1 heterocycles. The zero-order chi connectivity index (χ0) is 15.8. The summed E-state index contributed by atoms with van der Waals surface area (Å²) in [6, 6.07) is 20.0. The maximum atomic E-state index is 12.9. The summed E-state index contributed by atoms with van der Waals surface area (Å²) in [5.74, 6) is -0.295. The molecule has 1 aliphatic rings. The molecule has 3 heteroatoms. The van der Waals surface area contributed by atoms with Crippen molar-refractivity contribution in [2.75, 3.05) is 5.32 Å². The van der Waals surface area contributed by atoms with Gasteiger partial charge in [-0.3, -0.25) is 9.78 Å². The van der Waals surface area contributed by atoms with Gasteiger partial charge in [-0.25, -0.2) is 0 Å². The number of anilines is 1. The van der Waals surface area contributed by atoms with E-state index in [0.717, 1.165) is 33.6 Å². The summed E-state index contributed by atoms with van der Waals surface area (Å²) in [6.07, 6.45) is 1.69. The standard InChI is InChI=1S/C20H16N2O/c1-13-10-11-14(12-21-13)22-20(23)19-17-8-4-2-6-15(17)16-7-3-5-9-18(16)19/h2-12,19H,1H3,(H,22,23). The number of amides is 1. The van der Waals surface area contributed by atoms with Gasteiger partial charge in [-0.05, 0) is 41.3 Å². The quantitative estimate of drug-likeness (QED) is 0.773. The van der Waals surface area contributed by atoms with Crippen LogP contribution >= 0.6 is 0 Å². The maximum absolute atomic E-state index is 12.9. The lowest BCUT2D eigenvalue weighted by Gasteiger charge is -2.14. The Bertz CT molecular complexity index is 839. The molecule has 3 aromatic rings. The Hall–Kier alpha value is -2.94. The van der Waals surface area contributed by atoms with E-state index >= 15 is 0 Å². The van der Waals surface area contributed by atoms with Crippen molar-refractivity contribution in [3.63, 3.8) is 0 Å². The van der Waals surface area contributed by atoms with Gasteiger partial charge in [-0.1, -0.05) is 48.5 Å². The third-order valence-electron chi connectivity index (χ3n) is 4.27. The minimum Gasteiger partial charge on any atom is -0.324 e. The third-order valence-corrected chi connectivity index (χ3v) is 4.27. The fraction of sp³-hybridized carbons (Fsp3) is 0.100. The number of aryl methyl sites for hydroxylation is 1. The largest absolute Gasteiger partial charge is 0.324 e. The lowest BCUT2D eigenvalue weighted by molar-refractivity contribution is -0.116. The highest BCUT2D eigenvalue weighted by Crippen LogP contribution is 2.44. The highest BCUT2D eigenvalue weighted by Gasteiger charge is 2.33. The van der Waals surface area contributed by atoms with E-state index in [-0.39, 0.29) is 11.8 Å². The van der Waals surface area contributed by atoms with E-state index in [4.69, 9.17) is 0 Å². The van der Waals surface area contributed by atoms with Gasteiger partial charge in [-0.15, -0.1) is 0 Å². The molecule has 4 rings (SSSR count). The van der Waals surface area contributed by atoms with Crippen LogP contribution in [0.1, 0.15) is 22.7 Å². The normalized spacial score (nSPS) is 12.6. The van der Waals surface area contributed by atoms with Crippen molar-refractivity contribution in [3.8, 4) is 11.1 Å². The molecule has 1 aliphatic carbocycles. The van der Waals surface area contributed by atoms with Crippen LogP contribution in [-0.4, -0.2) is 10.9 Å². The summed E-state index contributed by atoms with van der Waals surface area (Å²) in [5.41, 5.74) is 6.06. The van der Waals surface area contributed by atoms with Crippen LogP contribution in [0, 0.1) is 6.92 Å². The molecule has 23 heavy (non-hydrogen) atoms. The number of nitrogens with one attached hydrogen (secondary N) is 1. The number of pyridine rings is 1. The molecule has 0 spiro atoms. The summed E-state index contributed by atoms with van der Waals surface area (Å²) in [5, 5.41) is 2.99. The van der Waals surface area contributed by atoms with Gasteiger partial charge in [0.2, 0.25) is 5.91 Å². The molecular formula is C20H16N2O. The first-order valence-corrected chi connectivity index (χ1v) is 7.66. The van der Waals surface area contributed by atoms with Gasteiger partial charge in [0, 0.05) is 5.69 Å². The minimum absolute atomic E-state index is 0.0203. The zero-order valence-corrected chi connectivity index (χ0v) is 12.8. The minimum atomic E-state index is -0.274. The Morgan fingerprint density at radius 2 is 1.52 bits per heavy atom. The topological polar surface area (TPSA) is 42.0 Å². The lowest BCUT2D eigenvalue weighted by atomic mass is 9.96. The van der Waals surface area contributed by atoms with Crippen LogP contribution in [0.4, 0.5) is 5.69 Å². The number of nitrogens with zero attached hydrogens (tertiary/aromatic N) is 1. The van der Waals surface area contributed by atoms with Gasteiger partial charge in [0.25, 0.3) is 0 Å². The molecule has 0 unspecified atom stereocenters. The van der Waals surface area contributed by atoms with Gasteiger partial charge in [-0.2, -0.15) is 0 Å². The molecule has 2 aromatic carbocycles. The first kappa shape index (κ1) is 13.7. The van der Waals surface area contributed by atoms with Gasteiger partial charge in [0.1, 0.15) is 0 Å². The number of aromatic nitrogens is 1. The first-order chi connectivity index (χ1) is 11.2. The number of hydrogen-bond donors (Lipinski definition) is 1. The van der Waals surface area contributed by atoms with E-state index in [2.05, 4.69) is 22.4 Å². The van der Waals surface area contributed by atoms with Crippen LogP contribution in [0.5, 0.6) is 0 Å². The summed E-state index contributed by atoms with van der Waals surface area (Å²) in [4.78, 5) is 17.1. The van der Waals surface area contributed by atoms with Gasteiger partial charge >= 0.3 is 0 Å². The number of carbonyl (C=O) groups is 1. The highest BCUT2D eigenvalue weighted by atomic mass is 16.1. The zero-order valence-electron chi connectivity index (χ0n) is 12.8. The average molecular weight is 300 g/mol. The van der Waals surface area contributed by atoms with Crippen molar-refractivity contribution in [1.29, 1.82) is 0 Å². The van der Waals surface area contributed by atoms with E-state index < -0.39 is 0 Å². The number of benzene rings is 2. The van der Waals surface area contributed by atoms with Crippen LogP contribution in [0.25, 0.3) is 11.1 Å². The van der Waals surface area contributed by atoms with Crippen molar-refractivity contribution < 1.29 is 4.79 Å². The summed E-state index contributed by atoms with van der Waals surface area (Å²) in [6.45, 7) is 1.93. The van der Waals surface area contributed by atoms with Crippen molar-refractivity contribution in [3.05, 3.63) is 83.7 Å². The molecule has 1 amide bonds. The number of rotatable bonds is 2.